The van der Waals surface area contributed by atoms with Crippen LogP contribution in [-0.4, -0.2) is 62.2 Å². The van der Waals surface area contributed by atoms with Crippen molar-refractivity contribution in [1.82, 2.24) is 0 Å². The fraction of sp³-hybridized carbons (Fsp3) is 0.102. The number of nitrogens with zero attached hydrogens (tertiary/aromatic N) is 1. The number of fused-ring (bicyclic) bond motifs is 4. The van der Waals surface area contributed by atoms with Gasteiger partial charge in [0.1, 0.15) is 38.9 Å². The predicted molar refractivity (Wildman–Crippen MR) is 305 cm³/mol. The molecule has 8 aromatic carbocycles. The van der Waals surface area contributed by atoms with Gasteiger partial charge < -0.3 is 30.2 Å². The van der Waals surface area contributed by atoms with Crippen LogP contribution in [0.15, 0.2) is 158 Å². The Balaban J connectivity index is 1.07. The molecule has 1 aliphatic heterocycles. The maximum absolute atomic E-state index is 14.2. The Labute approximate surface area is 458 Å². The van der Waals surface area contributed by atoms with E-state index in [4.69, 9.17) is 9.41 Å². The number of nitrogens with one attached hydrogen (secondary N) is 3. The Morgan fingerprint density at radius 1 is 0.512 bits per heavy atom. The summed E-state index contributed by atoms with van der Waals surface area (Å²) in [4.78, 5) is 27.7. The summed E-state index contributed by atoms with van der Waals surface area (Å²) in [7, 11) is -13.5. The van der Waals surface area contributed by atoms with E-state index in [0.29, 0.717) is 66.7 Å². The molecule has 0 spiro atoms. The lowest BCUT2D eigenvalue weighted by Crippen LogP contribution is -2.16. The van der Waals surface area contributed by atoms with E-state index >= 15 is 0 Å². The number of aromatic carboxylic acids is 2. The van der Waals surface area contributed by atoms with Crippen LogP contribution in [0.5, 0.6) is 11.5 Å². The Morgan fingerprint density at radius 3 is 1.60 bits per heavy atom. The fourth-order valence-corrected chi connectivity index (χ4v) is 13.8. The summed E-state index contributed by atoms with van der Waals surface area (Å²) < 4.78 is 105. The summed E-state index contributed by atoms with van der Waals surface area (Å²) in [5.74, 6) is -3.71. The van der Waals surface area contributed by atoms with Gasteiger partial charge in [0, 0.05) is 56.4 Å². The van der Waals surface area contributed by atoms with E-state index in [-0.39, 0.29) is 75.6 Å². The van der Waals surface area contributed by atoms with Gasteiger partial charge in [-0.15, -0.1) is 0 Å². The van der Waals surface area contributed by atoms with Gasteiger partial charge in [-0.3, -0.25) is 14.0 Å². The quantitative estimate of drug-likeness (QED) is 0.0393. The van der Waals surface area contributed by atoms with Gasteiger partial charge in [0.15, 0.2) is 0 Å². The van der Waals surface area contributed by atoms with Gasteiger partial charge >= 0.3 is 11.9 Å². The Bertz CT molecular complexity index is 4750. The Morgan fingerprint density at radius 2 is 1.04 bits per heavy atom. The molecule has 8 N–H and O–H groups in total. The molecular weight excluding hydrogens is 1080 g/mol. The number of aryl methyl sites for hydroxylation is 4. The second kappa shape index (κ2) is 19.9. The Kier molecular flexibility index (Phi) is 13.4. The lowest BCUT2D eigenvalue weighted by Gasteiger charge is -2.21. The van der Waals surface area contributed by atoms with Gasteiger partial charge in [0.2, 0.25) is 0 Å². The number of sulfonamides is 2. The van der Waals surface area contributed by atoms with Gasteiger partial charge in [-0.25, -0.2) is 31.4 Å². The minimum atomic E-state index is -4.77. The highest BCUT2D eigenvalue weighted by atomic mass is 32.2. The van der Waals surface area contributed by atoms with Crippen molar-refractivity contribution in [3.63, 3.8) is 0 Å². The highest BCUT2D eigenvalue weighted by Gasteiger charge is 2.27. The minimum absolute atomic E-state index is 0.0996. The van der Waals surface area contributed by atoms with Gasteiger partial charge in [-0.05, 0) is 152 Å². The highest BCUT2D eigenvalue weighted by molar-refractivity contribution is 7.93. The molecule has 0 bridgehead atoms. The first-order valence-corrected chi connectivity index (χ1v) is 28.8. The molecule has 1 aliphatic carbocycles. The second-order valence-electron chi connectivity index (χ2n) is 19.3. The summed E-state index contributed by atoms with van der Waals surface area (Å²) >= 11 is 0. The minimum Gasteiger partial charge on any atom is -0.507 e. The molecule has 18 nitrogen and oxygen atoms in total. The predicted octanol–water partition coefficient (Wildman–Crippen LogP) is 12.0. The van der Waals surface area contributed by atoms with Crippen molar-refractivity contribution < 1.29 is 64.2 Å². The number of rotatable bonds is 13. The van der Waals surface area contributed by atoms with Crippen molar-refractivity contribution in [3.8, 4) is 33.9 Å². The number of aromatic hydroxyl groups is 2. The average Bonchev–Trinajstić information content (AvgIpc) is 3.57. The van der Waals surface area contributed by atoms with E-state index in [2.05, 4.69) is 14.8 Å². The van der Waals surface area contributed by atoms with Crippen molar-refractivity contribution in [2.75, 3.05) is 14.8 Å². The van der Waals surface area contributed by atoms with Crippen LogP contribution in [0.4, 0.5) is 28.4 Å². The monoisotopic (exact) mass is 1130 g/mol. The van der Waals surface area contributed by atoms with Crippen LogP contribution in [0.3, 0.4) is 0 Å². The normalized spacial score (nSPS) is 12.4. The van der Waals surface area contributed by atoms with Crippen LogP contribution in [0, 0.1) is 41.5 Å². The number of carboxylic acids is 2. The third-order valence-electron chi connectivity index (χ3n) is 14.0. The first-order chi connectivity index (χ1) is 37.7. The van der Waals surface area contributed by atoms with E-state index < -0.39 is 53.6 Å². The molecule has 1 heterocycles. The molecule has 0 aromatic heterocycles. The maximum Gasteiger partial charge on any atom is 0.339 e. The zero-order chi connectivity index (χ0) is 57.5. The van der Waals surface area contributed by atoms with E-state index in [1.54, 1.807) is 94.4 Å². The van der Waals surface area contributed by atoms with Crippen molar-refractivity contribution in [1.29, 1.82) is 0 Å². The van der Waals surface area contributed by atoms with Crippen molar-refractivity contribution >= 4 is 103 Å². The number of phenols is 2. The average molecular weight is 1130 g/mol. The summed E-state index contributed by atoms with van der Waals surface area (Å²) in [5, 5.41) is 45.1. The van der Waals surface area contributed by atoms with Crippen LogP contribution < -0.4 is 20.1 Å². The van der Waals surface area contributed by atoms with E-state index in [1.807, 2.05) is 13.8 Å². The maximum atomic E-state index is 14.2. The van der Waals surface area contributed by atoms with Gasteiger partial charge in [-0.2, -0.15) is 8.42 Å². The second-order valence-corrected chi connectivity index (χ2v) is 24.0. The molecule has 0 radical (unpaired) electrons. The van der Waals surface area contributed by atoms with Gasteiger partial charge in [-0.1, -0.05) is 54.6 Å². The van der Waals surface area contributed by atoms with Crippen molar-refractivity contribution in [2.45, 2.75) is 56.2 Å². The molecule has 2 aliphatic rings. The molecule has 8 aromatic rings. The standard InChI is InChI=1S/C59H48N4O14S3/c1-29-21-31(3)56(62-78(70,71)50-15-9-11-35-23-44(58(66)67)46(64)27-42(35)50)33(5)54(29)60-37-17-19-39-48(25-37)77-49-26-38(18-20-40(49)53(39)41-13-7-8-14-52(41)80(74,75)76)61-55-30(2)22-32(4)57(34(55)6)63-79(72,73)51-16-10-12-36-24-45(59(68)69)47(65)28-43(36)51/h7-28,60,62-65H,1-6H3,(H,66,67)(H,68,69)(H,74,75,76)/b61-38-. The van der Waals surface area contributed by atoms with Crippen LogP contribution in [0.25, 0.3) is 55.0 Å². The number of carboxylic acid groups (broad SMARTS) is 2. The van der Waals surface area contributed by atoms with Crippen LogP contribution in [-0.2, 0) is 30.2 Å². The van der Waals surface area contributed by atoms with Crippen LogP contribution in [0.1, 0.15) is 54.1 Å². The molecule has 0 amide bonds. The molecule has 0 fully saturated rings. The van der Waals surface area contributed by atoms with Crippen molar-refractivity contribution in [2.24, 2.45) is 4.99 Å². The van der Waals surface area contributed by atoms with E-state index in [9.17, 15) is 59.8 Å². The summed E-state index contributed by atoms with van der Waals surface area (Å²) in [5.41, 5.74) is 5.96. The number of benzene rings is 9. The summed E-state index contributed by atoms with van der Waals surface area (Å²) in [6.45, 7) is 10.6. The molecule has 80 heavy (non-hydrogen) atoms. The van der Waals surface area contributed by atoms with Crippen molar-refractivity contribution in [3.05, 3.63) is 183 Å². The SMILES string of the molecule is Cc1cc(C)c(NS(=O)(=O)c2cccc3cc(C(=O)O)c(O)cc23)c(C)c1/N=c1/ccc2c(-c3ccccc3S(=O)(=O)O)c3ccc(Nc4c(C)cc(C)c(NS(=O)(=O)c5cccc6cc(C(=O)O)c(O)cc56)c4C)cc3oc-2c1. The zero-order valence-corrected chi connectivity index (χ0v) is 45.7. The summed E-state index contributed by atoms with van der Waals surface area (Å²) in [6.07, 6.45) is 0. The summed E-state index contributed by atoms with van der Waals surface area (Å²) in [6, 6.07) is 33.0. The fourth-order valence-electron chi connectivity index (χ4n) is 10.3. The molecule has 0 atom stereocenters. The Hall–Kier alpha value is -9.28. The largest absolute Gasteiger partial charge is 0.507 e. The first kappa shape index (κ1) is 54.1. The lowest BCUT2D eigenvalue weighted by molar-refractivity contribution is 0.0682. The molecule has 21 heteroatoms. The molecule has 406 valence electrons. The molecular formula is C59H48N4O14S3. The van der Waals surface area contributed by atoms with Crippen LogP contribution >= 0.6 is 0 Å². The number of anilines is 4. The third-order valence-corrected chi connectivity index (χ3v) is 17.7. The smallest absolute Gasteiger partial charge is 0.339 e. The number of hydrogen-bond acceptors (Lipinski definition) is 13. The molecule has 0 saturated heterocycles. The highest BCUT2D eigenvalue weighted by Crippen LogP contribution is 2.45. The van der Waals surface area contributed by atoms with Gasteiger partial charge in [0.25, 0.3) is 30.2 Å². The van der Waals surface area contributed by atoms with Crippen LogP contribution in [0.2, 0.25) is 0 Å². The van der Waals surface area contributed by atoms with E-state index in [1.165, 1.54) is 54.6 Å². The van der Waals surface area contributed by atoms with Gasteiger partial charge in [0.05, 0.1) is 32.2 Å². The topological polar surface area (TPSA) is 299 Å². The molecule has 10 rings (SSSR count). The third kappa shape index (κ3) is 9.76. The number of hydrogen-bond donors (Lipinski definition) is 8. The van der Waals surface area contributed by atoms with E-state index in [0.717, 1.165) is 17.7 Å². The zero-order valence-electron chi connectivity index (χ0n) is 43.3. The first-order valence-electron chi connectivity index (χ1n) is 24.4. The molecule has 0 saturated carbocycles. The molecule has 0 unspecified atom stereocenters. The number of carbonyl (C=O) groups is 2. The lowest BCUT2D eigenvalue weighted by atomic mass is 9.93.